The number of hydrogen-bond acceptors (Lipinski definition) is 7. The van der Waals surface area contributed by atoms with E-state index in [1.54, 1.807) is 30.3 Å². The largest absolute Gasteiger partial charge is 0.504 e. The molecule has 1 heterocycles. The van der Waals surface area contributed by atoms with Gasteiger partial charge in [-0.2, -0.15) is 5.10 Å². The maximum absolute atomic E-state index is 12.4. The van der Waals surface area contributed by atoms with Gasteiger partial charge in [0.2, 0.25) is 0 Å². The molecular formula is C25H22ClN5O3S. The average molecular weight is 508 g/mol. The number of methoxy groups -OCH3 is 1. The molecule has 0 saturated carbocycles. The molecule has 0 atom stereocenters. The first kappa shape index (κ1) is 24.3. The molecule has 4 rings (SSSR count). The second-order valence-electron chi connectivity index (χ2n) is 7.46. The molecular weight excluding hydrogens is 486 g/mol. The van der Waals surface area contributed by atoms with Crippen LogP contribution < -0.4 is 10.2 Å². The Kier molecular flexibility index (Phi) is 7.69. The van der Waals surface area contributed by atoms with Crippen LogP contribution >= 0.6 is 23.4 Å². The zero-order chi connectivity index (χ0) is 24.8. The summed E-state index contributed by atoms with van der Waals surface area (Å²) in [5, 5.41) is 23.9. The predicted octanol–water partition coefficient (Wildman–Crippen LogP) is 4.85. The minimum absolute atomic E-state index is 0.0536. The molecule has 0 aliphatic carbocycles. The SMILES string of the molecule is COc1cccc(C=NNC(=O)CSc2nnc(-c3ccc(C)cc3)n2-c2ccc(Cl)cc2)c1O. The maximum atomic E-state index is 12.4. The highest BCUT2D eigenvalue weighted by Gasteiger charge is 2.17. The first-order valence-corrected chi connectivity index (χ1v) is 11.9. The van der Waals surface area contributed by atoms with Crippen LogP contribution in [0.3, 0.4) is 0 Å². The number of carbonyl (C=O) groups is 1. The van der Waals surface area contributed by atoms with Gasteiger partial charge in [0.05, 0.1) is 19.1 Å². The summed E-state index contributed by atoms with van der Waals surface area (Å²) < 4.78 is 6.96. The smallest absolute Gasteiger partial charge is 0.250 e. The zero-order valence-corrected chi connectivity index (χ0v) is 20.5. The number of hydrazone groups is 1. The minimum atomic E-state index is -0.337. The quantitative estimate of drug-likeness (QED) is 0.201. The van der Waals surface area contributed by atoms with Crippen molar-refractivity contribution in [3.63, 3.8) is 0 Å². The number of nitrogens with one attached hydrogen (secondary N) is 1. The highest BCUT2D eigenvalue weighted by atomic mass is 35.5. The van der Waals surface area contributed by atoms with Gasteiger partial charge in [-0.25, -0.2) is 5.43 Å². The number of thioether (sulfide) groups is 1. The Morgan fingerprint density at radius 2 is 1.89 bits per heavy atom. The monoisotopic (exact) mass is 507 g/mol. The lowest BCUT2D eigenvalue weighted by molar-refractivity contribution is -0.118. The highest BCUT2D eigenvalue weighted by molar-refractivity contribution is 7.99. The summed E-state index contributed by atoms with van der Waals surface area (Å²) >= 11 is 7.30. The van der Waals surface area contributed by atoms with Crippen molar-refractivity contribution in [3.05, 3.63) is 82.9 Å². The summed E-state index contributed by atoms with van der Waals surface area (Å²) in [6.07, 6.45) is 1.35. The van der Waals surface area contributed by atoms with E-state index in [-0.39, 0.29) is 17.4 Å². The molecule has 0 radical (unpaired) electrons. The molecule has 1 amide bonds. The third kappa shape index (κ3) is 5.82. The number of ether oxygens (including phenoxy) is 1. The van der Waals surface area contributed by atoms with E-state index in [4.69, 9.17) is 16.3 Å². The fourth-order valence-electron chi connectivity index (χ4n) is 3.22. The van der Waals surface area contributed by atoms with Crippen molar-refractivity contribution in [2.24, 2.45) is 5.10 Å². The topological polar surface area (TPSA) is 102 Å². The van der Waals surface area contributed by atoms with Crippen molar-refractivity contribution in [1.82, 2.24) is 20.2 Å². The Morgan fingerprint density at radius 1 is 1.14 bits per heavy atom. The number of carbonyl (C=O) groups excluding carboxylic acids is 1. The summed E-state index contributed by atoms with van der Waals surface area (Å²) in [5.41, 5.74) is 5.74. The Morgan fingerprint density at radius 3 is 2.60 bits per heavy atom. The van der Waals surface area contributed by atoms with Gasteiger partial charge in [-0.3, -0.25) is 9.36 Å². The first-order chi connectivity index (χ1) is 17.0. The van der Waals surface area contributed by atoms with Crippen molar-refractivity contribution in [1.29, 1.82) is 0 Å². The van der Waals surface area contributed by atoms with E-state index >= 15 is 0 Å². The van der Waals surface area contributed by atoms with Crippen LogP contribution in [0.15, 0.2) is 77.0 Å². The summed E-state index contributed by atoms with van der Waals surface area (Å²) in [5.74, 6) is 0.642. The lowest BCUT2D eigenvalue weighted by atomic mass is 10.1. The molecule has 0 fully saturated rings. The van der Waals surface area contributed by atoms with E-state index < -0.39 is 0 Å². The van der Waals surface area contributed by atoms with Gasteiger partial charge in [-0.15, -0.1) is 10.2 Å². The Bertz CT molecular complexity index is 1350. The van der Waals surface area contributed by atoms with Crippen molar-refractivity contribution in [3.8, 4) is 28.6 Å². The highest BCUT2D eigenvalue weighted by Crippen LogP contribution is 2.29. The van der Waals surface area contributed by atoms with Crippen LogP contribution in [0.25, 0.3) is 17.1 Å². The number of aromatic hydroxyl groups is 1. The summed E-state index contributed by atoms with van der Waals surface area (Å²) in [7, 11) is 1.46. The number of phenolic OH excluding ortho intramolecular Hbond substituents is 1. The molecule has 0 spiro atoms. The van der Waals surface area contributed by atoms with E-state index in [1.165, 1.54) is 25.1 Å². The van der Waals surface area contributed by atoms with Crippen LogP contribution in [0.4, 0.5) is 0 Å². The average Bonchev–Trinajstić information content (AvgIpc) is 3.28. The van der Waals surface area contributed by atoms with Gasteiger partial charge in [0.15, 0.2) is 22.5 Å². The molecule has 0 unspecified atom stereocenters. The van der Waals surface area contributed by atoms with Crippen molar-refractivity contribution < 1.29 is 14.6 Å². The first-order valence-electron chi connectivity index (χ1n) is 10.6. The van der Waals surface area contributed by atoms with Crippen LogP contribution in [0, 0.1) is 6.92 Å². The van der Waals surface area contributed by atoms with Crippen molar-refractivity contribution in [2.45, 2.75) is 12.1 Å². The predicted molar refractivity (Wildman–Crippen MR) is 138 cm³/mol. The molecule has 10 heteroatoms. The van der Waals surface area contributed by atoms with Crippen LogP contribution in [0.1, 0.15) is 11.1 Å². The Balaban J connectivity index is 1.50. The van der Waals surface area contributed by atoms with Gasteiger partial charge in [0, 0.05) is 21.8 Å². The second-order valence-corrected chi connectivity index (χ2v) is 8.84. The lowest BCUT2D eigenvalue weighted by Crippen LogP contribution is -2.20. The standard InChI is InChI=1S/C25H22ClN5O3S/c1-16-6-8-17(9-7-16)24-29-30-25(31(24)20-12-10-19(26)11-13-20)35-15-22(32)28-27-14-18-4-3-5-21(34-2)23(18)33/h3-14,33H,15H2,1-2H3,(H,28,32). The van der Waals surface area contributed by atoms with Gasteiger partial charge in [0.25, 0.3) is 5.91 Å². The Hall–Kier alpha value is -3.82. The van der Waals surface area contributed by atoms with E-state index in [0.29, 0.717) is 27.3 Å². The third-order valence-corrected chi connectivity index (χ3v) is 6.18. The number of phenols is 1. The number of benzene rings is 3. The zero-order valence-electron chi connectivity index (χ0n) is 19.0. The van der Waals surface area contributed by atoms with Crippen molar-refractivity contribution >= 4 is 35.5 Å². The van der Waals surface area contributed by atoms with Gasteiger partial charge in [-0.1, -0.05) is 59.3 Å². The lowest BCUT2D eigenvalue weighted by Gasteiger charge is -2.10. The number of rotatable bonds is 8. The van der Waals surface area contributed by atoms with Gasteiger partial charge < -0.3 is 9.84 Å². The Labute approximate surface area is 211 Å². The normalized spacial score (nSPS) is 11.1. The minimum Gasteiger partial charge on any atom is -0.504 e. The molecule has 3 aromatic carbocycles. The van der Waals surface area contributed by atoms with E-state index in [9.17, 15) is 9.90 Å². The van der Waals surface area contributed by atoms with Gasteiger partial charge in [-0.05, 0) is 43.3 Å². The van der Waals surface area contributed by atoms with E-state index in [0.717, 1.165) is 16.8 Å². The summed E-state index contributed by atoms with van der Waals surface area (Å²) in [4.78, 5) is 12.4. The maximum Gasteiger partial charge on any atom is 0.250 e. The molecule has 35 heavy (non-hydrogen) atoms. The van der Waals surface area contributed by atoms with Crippen LogP contribution in [0.5, 0.6) is 11.5 Å². The van der Waals surface area contributed by atoms with Gasteiger partial charge >= 0.3 is 0 Å². The number of hydrogen-bond donors (Lipinski definition) is 2. The number of halogens is 1. The molecule has 1 aromatic heterocycles. The molecule has 4 aromatic rings. The van der Waals surface area contributed by atoms with Crippen LogP contribution in [-0.2, 0) is 4.79 Å². The second kappa shape index (κ2) is 11.1. The van der Waals surface area contributed by atoms with Crippen LogP contribution in [-0.4, -0.2) is 44.9 Å². The molecule has 8 nitrogen and oxygen atoms in total. The number of para-hydroxylation sites is 1. The number of amides is 1. The number of nitrogens with zero attached hydrogens (tertiary/aromatic N) is 4. The van der Waals surface area contributed by atoms with E-state index in [2.05, 4.69) is 20.7 Å². The van der Waals surface area contributed by atoms with Gasteiger partial charge in [0.1, 0.15) is 0 Å². The number of aryl methyl sites for hydroxylation is 1. The molecule has 0 aliphatic rings. The molecule has 0 saturated heterocycles. The van der Waals surface area contributed by atoms with Crippen LogP contribution in [0.2, 0.25) is 5.02 Å². The number of aromatic nitrogens is 3. The molecule has 0 bridgehead atoms. The summed E-state index contributed by atoms with van der Waals surface area (Å²) in [6, 6.07) is 20.3. The third-order valence-electron chi connectivity index (χ3n) is 5.00. The fourth-order valence-corrected chi connectivity index (χ4v) is 4.09. The summed E-state index contributed by atoms with van der Waals surface area (Å²) in [6.45, 7) is 2.02. The molecule has 178 valence electrons. The molecule has 2 N–H and O–H groups in total. The molecule has 0 aliphatic heterocycles. The fraction of sp³-hybridized carbons (Fsp3) is 0.120. The van der Waals surface area contributed by atoms with Crippen molar-refractivity contribution in [2.75, 3.05) is 12.9 Å². The van der Waals surface area contributed by atoms with E-state index in [1.807, 2.05) is 47.9 Å².